The molecule has 1 aliphatic rings. The van der Waals surface area contributed by atoms with E-state index >= 15 is 0 Å². The first-order valence-corrected chi connectivity index (χ1v) is 27.5. The Labute approximate surface area is 164 Å². The molecule has 5 heteroatoms. The normalized spacial score (nSPS) is 20.2. The molecule has 0 aromatic heterocycles. The lowest BCUT2D eigenvalue weighted by molar-refractivity contribution is 1.02. The number of hydrogen-bond donors (Lipinski definition) is 0. The molecule has 25 heavy (non-hydrogen) atoms. The van der Waals surface area contributed by atoms with E-state index in [-0.39, 0.29) is 0 Å². The summed E-state index contributed by atoms with van der Waals surface area (Å²) in [5, 5.41) is 5.60. The van der Waals surface area contributed by atoms with Crippen molar-refractivity contribution in [3.63, 3.8) is 0 Å². The van der Waals surface area contributed by atoms with Gasteiger partial charge < -0.3 is 0 Å². The molecule has 145 valence electrons. The highest BCUT2D eigenvalue weighted by Gasteiger charge is 2.61. The lowest BCUT2D eigenvalue weighted by atomic mass is 10.4. The van der Waals surface area contributed by atoms with E-state index < -0.39 is 40.4 Å². The molecule has 0 amide bonds. The van der Waals surface area contributed by atoms with Crippen LogP contribution < -0.4 is 0 Å². The van der Waals surface area contributed by atoms with Crippen LogP contribution in [0.15, 0.2) is 15.6 Å². The van der Waals surface area contributed by atoms with Crippen LogP contribution in [0.1, 0.15) is 0 Å². The number of hydrogen-bond acceptors (Lipinski definition) is 0. The Morgan fingerprint density at radius 3 is 1.08 bits per heavy atom. The second-order valence-corrected chi connectivity index (χ2v) is 39.2. The van der Waals surface area contributed by atoms with E-state index in [9.17, 15) is 0 Å². The van der Waals surface area contributed by atoms with E-state index in [1.807, 2.05) is 10.4 Å². The molecule has 1 radical (unpaired) electrons. The highest BCUT2D eigenvalue weighted by atomic mass is 28.4. The van der Waals surface area contributed by atoms with Gasteiger partial charge in [-0.25, -0.2) is 0 Å². The Bertz CT molecular complexity index is 576. The lowest BCUT2D eigenvalue weighted by Gasteiger charge is -2.53. The standard InChI is InChI=1S/C20H45Si5/c1-21(2,3)17-16-20(24(10,11)12,25(13,14)15)19(23(7,8)9)18(17)22(4,5)6/h1-15H3. The largest absolute Gasteiger partial charge is 0.0778 e. The van der Waals surface area contributed by atoms with E-state index in [0.29, 0.717) is 4.66 Å². The quantitative estimate of drug-likeness (QED) is 0.397. The maximum Gasteiger partial charge on any atom is 0.0778 e. The second kappa shape index (κ2) is 6.29. The molecular weight excluding hydrogens is 381 g/mol. The van der Waals surface area contributed by atoms with Gasteiger partial charge in [-0.2, -0.15) is 0 Å². The van der Waals surface area contributed by atoms with Crippen LogP contribution in [0, 0.1) is 6.08 Å². The first-order valence-electron chi connectivity index (χ1n) is 10.0. The van der Waals surface area contributed by atoms with Gasteiger partial charge in [0.2, 0.25) is 0 Å². The van der Waals surface area contributed by atoms with Gasteiger partial charge >= 0.3 is 0 Å². The maximum absolute atomic E-state index is 4.43. The van der Waals surface area contributed by atoms with Crippen molar-refractivity contribution in [1.82, 2.24) is 0 Å². The fourth-order valence-electron chi connectivity index (χ4n) is 5.12. The Hall–Kier alpha value is 0.564. The topological polar surface area (TPSA) is 0 Å². The van der Waals surface area contributed by atoms with Crippen LogP contribution in [0.4, 0.5) is 0 Å². The van der Waals surface area contributed by atoms with Crippen molar-refractivity contribution in [2.24, 2.45) is 0 Å². The van der Waals surface area contributed by atoms with Crippen molar-refractivity contribution >= 4 is 40.4 Å². The van der Waals surface area contributed by atoms with E-state index in [1.54, 1.807) is 5.20 Å². The van der Waals surface area contributed by atoms with Crippen LogP contribution >= 0.6 is 0 Å². The summed E-state index contributed by atoms with van der Waals surface area (Å²) in [4.78, 5) is 0. The molecule has 0 saturated heterocycles. The van der Waals surface area contributed by atoms with Gasteiger partial charge in [-0.15, -0.1) is 0 Å². The Morgan fingerprint density at radius 2 is 0.880 bits per heavy atom. The Kier molecular flexibility index (Phi) is 5.94. The van der Waals surface area contributed by atoms with Gasteiger partial charge in [0, 0.05) is 4.66 Å². The molecule has 0 atom stereocenters. The fraction of sp³-hybridized carbons (Fsp3) is 0.800. The predicted octanol–water partition coefficient (Wildman–Crippen LogP) is 7.61. The summed E-state index contributed by atoms with van der Waals surface area (Å²) in [6, 6.07) is 0. The van der Waals surface area contributed by atoms with E-state index in [1.165, 1.54) is 0 Å². The SMILES string of the molecule is C[Si](C)(C)C1=[C]C([Si](C)(C)C)([Si](C)(C)C)C([Si](C)(C)C)=C1[Si](C)(C)C. The minimum absolute atomic E-state index is 0.329. The summed E-state index contributed by atoms with van der Waals surface area (Å²) in [6.45, 7) is 39.1. The fourth-order valence-corrected chi connectivity index (χ4v) is 31.8. The van der Waals surface area contributed by atoms with Gasteiger partial charge in [0.15, 0.2) is 0 Å². The van der Waals surface area contributed by atoms with Crippen LogP contribution in [0.3, 0.4) is 0 Å². The third kappa shape index (κ3) is 4.05. The molecule has 0 aliphatic heterocycles. The number of rotatable bonds is 5. The molecule has 0 bridgehead atoms. The summed E-state index contributed by atoms with van der Waals surface area (Å²) in [7, 11) is -7.23. The van der Waals surface area contributed by atoms with Crippen molar-refractivity contribution in [3.05, 3.63) is 21.7 Å². The molecule has 0 aromatic rings. The zero-order chi connectivity index (χ0) is 20.4. The van der Waals surface area contributed by atoms with E-state index in [0.717, 1.165) is 0 Å². The highest BCUT2D eigenvalue weighted by Crippen LogP contribution is 2.63. The summed E-state index contributed by atoms with van der Waals surface area (Å²) in [5.74, 6) is 0. The predicted molar refractivity (Wildman–Crippen MR) is 133 cm³/mol. The van der Waals surface area contributed by atoms with Crippen molar-refractivity contribution in [2.75, 3.05) is 0 Å². The summed E-state index contributed by atoms with van der Waals surface area (Å²) in [5.41, 5.74) is 0. The average molecular weight is 426 g/mol. The molecule has 0 saturated carbocycles. The third-order valence-corrected chi connectivity index (χ3v) is 22.4. The van der Waals surface area contributed by atoms with Gasteiger partial charge in [0.25, 0.3) is 0 Å². The lowest BCUT2D eigenvalue weighted by Crippen LogP contribution is -2.58. The zero-order valence-corrected chi connectivity index (χ0v) is 25.0. The molecule has 0 spiro atoms. The summed E-state index contributed by atoms with van der Waals surface area (Å²) < 4.78 is 0.329. The third-order valence-electron chi connectivity index (χ3n) is 5.69. The smallest absolute Gasteiger partial charge is 0.0768 e. The van der Waals surface area contributed by atoms with Crippen LogP contribution in [0.25, 0.3) is 0 Å². The second-order valence-electron chi connectivity index (χ2n) is 13.2. The average Bonchev–Trinajstić information content (AvgIpc) is 2.61. The minimum Gasteiger partial charge on any atom is -0.0768 e. The van der Waals surface area contributed by atoms with Crippen LogP contribution in [-0.2, 0) is 0 Å². The highest BCUT2D eigenvalue weighted by molar-refractivity contribution is 7.06. The molecule has 0 heterocycles. The first-order chi connectivity index (χ1) is 10.6. The van der Waals surface area contributed by atoms with Crippen LogP contribution in [-0.4, -0.2) is 40.4 Å². The van der Waals surface area contributed by atoms with Crippen LogP contribution in [0.2, 0.25) is 103 Å². The van der Waals surface area contributed by atoms with Gasteiger partial charge in [0.05, 0.1) is 40.4 Å². The molecule has 1 aliphatic carbocycles. The minimum atomic E-state index is -1.47. The molecule has 0 unspecified atom stereocenters. The van der Waals surface area contributed by atoms with Crippen molar-refractivity contribution in [1.29, 1.82) is 0 Å². The molecule has 0 aromatic carbocycles. The zero-order valence-electron chi connectivity index (χ0n) is 20.0. The molecular formula is C20H45Si5. The maximum atomic E-state index is 4.43. The molecule has 1 rings (SSSR count). The summed E-state index contributed by atoms with van der Waals surface area (Å²) in [6.07, 6.45) is 4.43. The van der Waals surface area contributed by atoms with Gasteiger partial charge in [-0.3, -0.25) is 0 Å². The molecule has 0 fully saturated rings. The van der Waals surface area contributed by atoms with Gasteiger partial charge in [-0.05, 0) is 6.08 Å². The Morgan fingerprint density at radius 1 is 0.520 bits per heavy atom. The first kappa shape index (κ1) is 23.6. The van der Waals surface area contributed by atoms with Gasteiger partial charge in [0.1, 0.15) is 0 Å². The van der Waals surface area contributed by atoms with Crippen molar-refractivity contribution in [3.8, 4) is 0 Å². The van der Waals surface area contributed by atoms with E-state index in [4.69, 9.17) is 0 Å². The molecule has 0 N–H and O–H groups in total. The summed E-state index contributed by atoms with van der Waals surface area (Å²) >= 11 is 0. The van der Waals surface area contributed by atoms with Crippen LogP contribution in [0.5, 0.6) is 0 Å². The number of allylic oxidation sites excluding steroid dienone is 4. The Balaban J connectivity index is 4.22. The monoisotopic (exact) mass is 425 g/mol. The van der Waals surface area contributed by atoms with Crippen molar-refractivity contribution < 1.29 is 0 Å². The molecule has 0 nitrogen and oxygen atoms in total. The van der Waals surface area contributed by atoms with Gasteiger partial charge in [-0.1, -0.05) is 114 Å². The van der Waals surface area contributed by atoms with Crippen molar-refractivity contribution in [2.45, 2.75) is 103 Å². The van der Waals surface area contributed by atoms with E-state index in [2.05, 4.69) is 104 Å².